The van der Waals surface area contributed by atoms with E-state index in [0.717, 1.165) is 0 Å². The first-order chi connectivity index (χ1) is 8.36. The van der Waals surface area contributed by atoms with Gasteiger partial charge in [-0.25, -0.2) is 0 Å². The fraction of sp³-hybridized carbons (Fsp3) is 0.533. The Labute approximate surface area is 115 Å². The smallest absolute Gasteiger partial charge is 0.221 e. The molecule has 0 heterocycles. The molecule has 1 aromatic rings. The predicted octanol–water partition coefficient (Wildman–Crippen LogP) is 3.33. The first-order valence-corrected chi connectivity index (χ1v) is 6.80. The van der Waals surface area contributed by atoms with Gasteiger partial charge in [0.2, 0.25) is 5.91 Å². The van der Waals surface area contributed by atoms with Gasteiger partial charge < -0.3 is 5.32 Å². The summed E-state index contributed by atoms with van der Waals surface area (Å²) in [6.45, 7) is 9.13. The standard InChI is InChI=1S/C15H22ClNO/c1-11-5-6-13(12(2)9-11)15(3,4)10-17-14(18)7-8-16/h5-6,9H,7-8,10H2,1-4H3,(H,17,18). The summed E-state index contributed by atoms with van der Waals surface area (Å²) in [5, 5.41) is 2.94. The van der Waals surface area contributed by atoms with Crippen LogP contribution in [0.15, 0.2) is 18.2 Å². The van der Waals surface area contributed by atoms with Gasteiger partial charge >= 0.3 is 0 Å². The highest BCUT2D eigenvalue weighted by molar-refractivity contribution is 6.18. The molecule has 0 unspecified atom stereocenters. The third-order valence-electron chi connectivity index (χ3n) is 3.16. The summed E-state index contributed by atoms with van der Waals surface area (Å²) in [5.74, 6) is 0.387. The van der Waals surface area contributed by atoms with E-state index in [4.69, 9.17) is 11.6 Å². The summed E-state index contributed by atoms with van der Waals surface area (Å²) < 4.78 is 0. The highest BCUT2D eigenvalue weighted by Crippen LogP contribution is 2.26. The van der Waals surface area contributed by atoms with Crippen LogP contribution in [0.2, 0.25) is 0 Å². The quantitative estimate of drug-likeness (QED) is 0.815. The second-order valence-corrected chi connectivity index (χ2v) is 5.80. The Morgan fingerprint density at radius 2 is 2.00 bits per heavy atom. The molecule has 0 saturated carbocycles. The van der Waals surface area contributed by atoms with E-state index in [9.17, 15) is 4.79 Å². The summed E-state index contributed by atoms with van der Waals surface area (Å²) in [6.07, 6.45) is 0.379. The predicted molar refractivity (Wildman–Crippen MR) is 77.3 cm³/mol. The van der Waals surface area contributed by atoms with Gasteiger partial charge in [0, 0.05) is 24.3 Å². The molecular formula is C15H22ClNO. The molecule has 18 heavy (non-hydrogen) atoms. The van der Waals surface area contributed by atoms with Gasteiger partial charge in [-0.2, -0.15) is 0 Å². The lowest BCUT2D eigenvalue weighted by molar-refractivity contribution is -0.120. The first-order valence-electron chi connectivity index (χ1n) is 6.27. The van der Waals surface area contributed by atoms with E-state index >= 15 is 0 Å². The van der Waals surface area contributed by atoms with Crippen molar-refractivity contribution in [1.29, 1.82) is 0 Å². The maximum atomic E-state index is 11.5. The van der Waals surface area contributed by atoms with Crippen molar-refractivity contribution in [3.63, 3.8) is 0 Å². The highest BCUT2D eigenvalue weighted by atomic mass is 35.5. The maximum Gasteiger partial charge on any atom is 0.221 e. The number of hydrogen-bond donors (Lipinski definition) is 1. The molecule has 0 saturated heterocycles. The highest BCUT2D eigenvalue weighted by Gasteiger charge is 2.23. The topological polar surface area (TPSA) is 29.1 Å². The molecular weight excluding hydrogens is 246 g/mol. The third-order valence-corrected chi connectivity index (χ3v) is 3.35. The van der Waals surface area contributed by atoms with E-state index in [0.29, 0.717) is 18.8 Å². The van der Waals surface area contributed by atoms with Crippen molar-refractivity contribution in [2.24, 2.45) is 0 Å². The van der Waals surface area contributed by atoms with Crippen LogP contribution in [0.1, 0.15) is 37.0 Å². The van der Waals surface area contributed by atoms with Crippen molar-refractivity contribution in [3.05, 3.63) is 34.9 Å². The average Bonchev–Trinajstić information content (AvgIpc) is 2.26. The number of hydrogen-bond acceptors (Lipinski definition) is 1. The zero-order chi connectivity index (χ0) is 13.8. The van der Waals surface area contributed by atoms with Gasteiger partial charge in [-0.05, 0) is 25.0 Å². The van der Waals surface area contributed by atoms with Crippen LogP contribution in [0.25, 0.3) is 0 Å². The molecule has 1 N–H and O–H groups in total. The fourth-order valence-corrected chi connectivity index (χ4v) is 2.33. The van der Waals surface area contributed by atoms with Gasteiger partial charge in [-0.3, -0.25) is 4.79 Å². The van der Waals surface area contributed by atoms with Crippen molar-refractivity contribution >= 4 is 17.5 Å². The lowest BCUT2D eigenvalue weighted by atomic mass is 9.81. The maximum absolute atomic E-state index is 11.5. The van der Waals surface area contributed by atoms with Crippen molar-refractivity contribution in [2.45, 2.75) is 39.5 Å². The van der Waals surface area contributed by atoms with Crippen molar-refractivity contribution < 1.29 is 4.79 Å². The Hall–Kier alpha value is -1.02. The molecule has 0 atom stereocenters. The van der Waals surface area contributed by atoms with Crippen LogP contribution in [0.5, 0.6) is 0 Å². The molecule has 0 spiro atoms. The molecule has 0 fully saturated rings. The molecule has 1 amide bonds. The molecule has 3 heteroatoms. The number of carbonyl (C=O) groups is 1. The van der Waals surface area contributed by atoms with Crippen LogP contribution in [0.4, 0.5) is 0 Å². The van der Waals surface area contributed by atoms with Crippen molar-refractivity contribution in [3.8, 4) is 0 Å². The van der Waals surface area contributed by atoms with Crippen molar-refractivity contribution in [1.82, 2.24) is 5.32 Å². The number of amides is 1. The van der Waals surface area contributed by atoms with E-state index in [1.54, 1.807) is 0 Å². The van der Waals surface area contributed by atoms with Gasteiger partial charge in [-0.1, -0.05) is 37.6 Å². The van der Waals surface area contributed by atoms with Crippen LogP contribution in [-0.2, 0) is 10.2 Å². The van der Waals surface area contributed by atoms with Crippen LogP contribution in [0.3, 0.4) is 0 Å². The summed E-state index contributed by atoms with van der Waals surface area (Å²) >= 11 is 5.55. The van der Waals surface area contributed by atoms with E-state index in [1.807, 2.05) is 0 Å². The Kier molecular flexibility index (Phi) is 5.21. The SMILES string of the molecule is Cc1ccc(C(C)(C)CNC(=O)CCCl)c(C)c1. The van der Waals surface area contributed by atoms with E-state index < -0.39 is 0 Å². The number of benzene rings is 1. The number of rotatable bonds is 5. The van der Waals surface area contributed by atoms with Gasteiger partial charge in [0.1, 0.15) is 0 Å². The Morgan fingerprint density at radius 3 is 2.56 bits per heavy atom. The third kappa shape index (κ3) is 4.02. The number of alkyl halides is 1. The first kappa shape index (κ1) is 15.0. The second kappa shape index (κ2) is 6.24. The van der Waals surface area contributed by atoms with Gasteiger partial charge in [0.25, 0.3) is 0 Å². The van der Waals surface area contributed by atoms with Gasteiger partial charge in [0.15, 0.2) is 0 Å². The zero-order valence-corrected chi connectivity index (χ0v) is 12.4. The molecule has 1 rings (SSSR count). The van der Waals surface area contributed by atoms with Crippen LogP contribution in [0, 0.1) is 13.8 Å². The molecule has 0 aliphatic heterocycles. The number of aryl methyl sites for hydroxylation is 2. The monoisotopic (exact) mass is 267 g/mol. The summed E-state index contributed by atoms with van der Waals surface area (Å²) in [6, 6.07) is 6.45. The number of nitrogens with one attached hydrogen (secondary N) is 1. The zero-order valence-electron chi connectivity index (χ0n) is 11.6. The van der Waals surface area contributed by atoms with E-state index in [-0.39, 0.29) is 11.3 Å². The van der Waals surface area contributed by atoms with Crippen LogP contribution in [-0.4, -0.2) is 18.3 Å². The summed E-state index contributed by atoms with van der Waals surface area (Å²) in [4.78, 5) is 11.5. The Balaban J connectivity index is 2.76. The van der Waals surface area contributed by atoms with E-state index in [2.05, 4.69) is 51.2 Å². The van der Waals surface area contributed by atoms with Crippen molar-refractivity contribution in [2.75, 3.05) is 12.4 Å². The Morgan fingerprint density at radius 1 is 1.33 bits per heavy atom. The fourth-order valence-electron chi connectivity index (χ4n) is 2.16. The molecule has 2 nitrogen and oxygen atoms in total. The molecule has 0 aliphatic rings. The molecule has 0 radical (unpaired) electrons. The largest absolute Gasteiger partial charge is 0.355 e. The minimum Gasteiger partial charge on any atom is -0.355 e. The average molecular weight is 268 g/mol. The molecule has 0 aromatic heterocycles. The minimum atomic E-state index is -0.0697. The van der Waals surface area contributed by atoms with Gasteiger partial charge in [-0.15, -0.1) is 11.6 Å². The lowest BCUT2D eigenvalue weighted by Gasteiger charge is -2.27. The number of carbonyl (C=O) groups excluding carboxylic acids is 1. The van der Waals surface area contributed by atoms with Gasteiger partial charge in [0.05, 0.1) is 0 Å². The molecule has 0 bridgehead atoms. The van der Waals surface area contributed by atoms with Crippen LogP contribution < -0.4 is 5.32 Å². The molecule has 1 aromatic carbocycles. The normalized spacial score (nSPS) is 11.4. The van der Waals surface area contributed by atoms with E-state index in [1.165, 1.54) is 16.7 Å². The molecule has 100 valence electrons. The number of halogens is 1. The summed E-state index contributed by atoms with van der Waals surface area (Å²) in [7, 11) is 0. The van der Waals surface area contributed by atoms with Crippen LogP contribution >= 0.6 is 11.6 Å². The minimum absolute atomic E-state index is 0.0165. The summed E-state index contributed by atoms with van der Waals surface area (Å²) in [5.41, 5.74) is 3.74. The molecule has 0 aliphatic carbocycles. The lowest BCUT2D eigenvalue weighted by Crippen LogP contribution is -2.37. The Bertz CT molecular complexity index is 427. The second-order valence-electron chi connectivity index (χ2n) is 5.42.